The summed E-state index contributed by atoms with van der Waals surface area (Å²) in [5, 5.41) is 9.25. The molecule has 1 aromatic heterocycles. The Hall–Kier alpha value is -3.76. The largest absolute Gasteiger partial charge is 0.496 e. The number of allylic oxidation sites excluding steroid dienone is 1. The van der Waals surface area contributed by atoms with E-state index in [9.17, 15) is 9.59 Å². The van der Waals surface area contributed by atoms with Crippen LogP contribution in [0.1, 0.15) is 23.7 Å². The summed E-state index contributed by atoms with van der Waals surface area (Å²) >= 11 is 7.98. The van der Waals surface area contributed by atoms with Crippen molar-refractivity contribution in [1.82, 2.24) is 4.98 Å². The number of ketones is 2. The molecular weight excluding hydrogens is 530 g/mol. The van der Waals surface area contributed by atoms with Crippen LogP contribution < -0.4 is 29.6 Å². The number of anilines is 2. The lowest BCUT2D eigenvalue weighted by molar-refractivity contribution is -0.129. The Morgan fingerprint density at radius 2 is 1.84 bits per heavy atom. The van der Waals surface area contributed by atoms with Crippen molar-refractivity contribution in [2.75, 3.05) is 39.0 Å². The second-order valence-corrected chi connectivity index (χ2v) is 10.2. The maximum atomic E-state index is 13.7. The van der Waals surface area contributed by atoms with Crippen molar-refractivity contribution in [3.63, 3.8) is 0 Å². The van der Waals surface area contributed by atoms with Gasteiger partial charge in [-0.3, -0.25) is 9.59 Å². The van der Waals surface area contributed by atoms with Crippen LogP contribution in [0.3, 0.4) is 0 Å². The molecule has 1 aliphatic carbocycles. The molecule has 2 aromatic carbocycles. The van der Waals surface area contributed by atoms with Crippen LogP contribution >= 0.6 is 22.9 Å². The number of benzene rings is 2. The Bertz CT molecular complexity index is 1490. The predicted octanol–water partition coefficient (Wildman–Crippen LogP) is 5.45. The SMILES string of the molecule is CNc1nc(-c2ccc(OC)c(NC3=CC(=O)[C@@]4(Oc5c(Cl)c(OC)cc(OC)c5C4=O)[C@H](C)C3)c2)cs1. The van der Waals surface area contributed by atoms with Gasteiger partial charge in [-0.1, -0.05) is 18.5 Å². The van der Waals surface area contributed by atoms with Crippen LogP contribution in [0, 0.1) is 5.92 Å². The second kappa shape index (κ2) is 9.85. The summed E-state index contributed by atoms with van der Waals surface area (Å²) < 4.78 is 22.4. The molecule has 2 heterocycles. The first-order chi connectivity index (χ1) is 18.3. The summed E-state index contributed by atoms with van der Waals surface area (Å²) in [5.74, 6) is -0.258. The normalized spacial score (nSPS) is 20.1. The number of Topliss-reactive ketones (excluding diaryl/α,β-unsaturated/α-hetero) is 1. The van der Waals surface area contributed by atoms with E-state index >= 15 is 0 Å². The topological polar surface area (TPSA) is 108 Å². The third-order valence-corrected chi connectivity index (χ3v) is 8.04. The smallest absolute Gasteiger partial charge is 0.236 e. The van der Waals surface area contributed by atoms with Gasteiger partial charge in [-0.2, -0.15) is 0 Å². The number of halogens is 1. The zero-order valence-electron chi connectivity index (χ0n) is 21.4. The summed E-state index contributed by atoms with van der Waals surface area (Å²) in [6.07, 6.45) is 1.77. The Labute approximate surface area is 228 Å². The maximum Gasteiger partial charge on any atom is 0.236 e. The van der Waals surface area contributed by atoms with E-state index in [-0.39, 0.29) is 27.8 Å². The third-order valence-electron chi connectivity index (χ3n) is 6.82. The number of thiazole rings is 1. The van der Waals surface area contributed by atoms with Crippen LogP contribution in [-0.4, -0.2) is 50.5 Å². The molecule has 0 radical (unpaired) electrons. The van der Waals surface area contributed by atoms with Crippen molar-refractivity contribution in [2.24, 2.45) is 5.92 Å². The van der Waals surface area contributed by atoms with Crippen LogP contribution in [0.15, 0.2) is 41.4 Å². The van der Waals surface area contributed by atoms with Gasteiger partial charge >= 0.3 is 0 Å². The van der Waals surface area contributed by atoms with Gasteiger partial charge in [0.05, 0.1) is 32.7 Å². The molecule has 0 unspecified atom stereocenters. The summed E-state index contributed by atoms with van der Waals surface area (Å²) in [6, 6.07) is 7.19. The average molecular weight is 556 g/mol. The fraction of sp³-hybridized carbons (Fsp3) is 0.296. The number of methoxy groups -OCH3 is 3. The number of carbonyl (C=O) groups excluding carboxylic acids is 2. The molecule has 11 heteroatoms. The highest BCUT2D eigenvalue weighted by Crippen LogP contribution is 2.53. The van der Waals surface area contributed by atoms with Gasteiger partial charge in [-0.05, 0) is 24.6 Å². The van der Waals surface area contributed by atoms with E-state index in [0.717, 1.165) is 16.4 Å². The summed E-state index contributed by atoms with van der Waals surface area (Å²) in [7, 11) is 6.28. The van der Waals surface area contributed by atoms with Crippen molar-refractivity contribution < 1.29 is 28.5 Å². The summed E-state index contributed by atoms with van der Waals surface area (Å²) in [5.41, 5.74) is 1.39. The summed E-state index contributed by atoms with van der Waals surface area (Å²) in [4.78, 5) is 31.9. The third kappa shape index (κ3) is 3.95. The highest BCUT2D eigenvalue weighted by atomic mass is 35.5. The predicted molar refractivity (Wildman–Crippen MR) is 146 cm³/mol. The molecule has 0 amide bonds. The minimum atomic E-state index is -1.74. The molecule has 0 saturated heterocycles. The number of rotatable bonds is 7. The molecule has 0 fully saturated rings. The van der Waals surface area contributed by atoms with E-state index in [4.69, 9.17) is 30.5 Å². The van der Waals surface area contributed by atoms with Crippen LogP contribution in [0.4, 0.5) is 10.8 Å². The van der Waals surface area contributed by atoms with Crippen molar-refractivity contribution in [3.05, 3.63) is 52.0 Å². The fourth-order valence-electron chi connectivity index (χ4n) is 4.88. The number of carbonyl (C=O) groups is 2. The van der Waals surface area contributed by atoms with Crippen LogP contribution in [-0.2, 0) is 4.79 Å². The lowest BCUT2D eigenvalue weighted by Gasteiger charge is -2.35. The molecular formula is C27H26ClN3O6S. The number of hydrogen-bond acceptors (Lipinski definition) is 10. The average Bonchev–Trinajstić information content (AvgIpc) is 3.52. The van der Waals surface area contributed by atoms with Crippen molar-refractivity contribution >= 4 is 45.3 Å². The first-order valence-electron chi connectivity index (χ1n) is 11.8. The van der Waals surface area contributed by atoms with Crippen LogP contribution in [0.2, 0.25) is 5.02 Å². The molecule has 0 bridgehead atoms. The van der Waals surface area contributed by atoms with Crippen molar-refractivity contribution in [1.29, 1.82) is 0 Å². The van der Waals surface area contributed by atoms with Gasteiger partial charge in [0.1, 0.15) is 27.8 Å². The fourth-order valence-corrected chi connectivity index (χ4v) is 5.82. The Morgan fingerprint density at radius 1 is 1.11 bits per heavy atom. The molecule has 1 spiro atoms. The molecule has 1 aliphatic heterocycles. The van der Waals surface area contributed by atoms with E-state index in [1.54, 1.807) is 14.0 Å². The van der Waals surface area contributed by atoms with E-state index in [1.807, 2.05) is 30.6 Å². The van der Waals surface area contributed by atoms with Crippen molar-refractivity contribution in [2.45, 2.75) is 18.9 Å². The first kappa shape index (κ1) is 25.9. The van der Waals surface area contributed by atoms with E-state index in [2.05, 4.69) is 15.6 Å². The standard InChI is InChI=1S/C27H26ClN3O6S/c1-13-8-15(30-16-9-14(6-7-18(16)34-3)17-12-38-26(29-2)31-17)10-21(32)27(13)25(33)22-19(35-4)11-20(36-5)23(28)24(22)37-27/h6-7,9-13,30H,8H2,1-5H3,(H,29,31)/t13-,27+/m1/s1. The molecule has 198 valence electrons. The molecule has 0 saturated carbocycles. The molecule has 2 aliphatic rings. The van der Waals surface area contributed by atoms with Gasteiger partial charge in [0.2, 0.25) is 17.2 Å². The quantitative estimate of drug-likeness (QED) is 0.368. The summed E-state index contributed by atoms with van der Waals surface area (Å²) in [6.45, 7) is 1.80. The number of nitrogens with one attached hydrogen (secondary N) is 2. The van der Waals surface area contributed by atoms with E-state index < -0.39 is 23.1 Å². The van der Waals surface area contributed by atoms with Crippen LogP contribution in [0.25, 0.3) is 11.3 Å². The number of hydrogen-bond donors (Lipinski definition) is 2. The Morgan fingerprint density at radius 3 is 2.47 bits per heavy atom. The zero-order valence-corrected chi connectivity index (χ0v) is 23.0. The van der Waals surface area contributed by atoms with Gasteiger partial charge in [-0.15, -0.1) is 11.3 Å². The Balaban J connectivity index is 1.48. The highest BCUT2D eigenvalue weighted by molar-refractivity contribution is 7.14. The van der Waals surface area contributed by atoms with E-state index in [0.29, 0.717) is 23.6 Å². The minimum Gasteiger partial charge on any atom is -0.496 e. The molecule has 9 nitrogen and oxygen atoms in total. The number of ether oxygens (including phenoxy) is 4. The van der Waals surface area contributed by atoms with Gasteiger partial charge in [0.15, 0.2) is 10.9 Å². The Kier molecular flexibility index (Phi) is 6.70. The molecule has 38 heavy (non-hydrogen) atoms. The van der Waals surface area contributed by atoms with Crippen molar-refractivity contribution in [3.8, 4) is 34.3 Å². The molecule has 2 atom stereocenters. The monoisotopic (exact) mass is 555 g/mol. The highest BCUT2D eigenvalue weighted by Gasteiger charge is 2.60. The lowest BCUT2D eigenvalue weighted by atomic mass is 9.74. The number of nitrogens with zero attached hydrogens (tertiary/aromatic N) is 1. The maximum absolute atomic E-state index is 13.7. The van der Waals surface area contributed by atoms with Gasteiger partial charge in [0, 0.05) is 41.7 Å². The molecule has 2 N–H and O–H groups in total. The minimum absolute atomic E-state index is 0.0939. The number of fused-ring (bicyclic) bond motifs is 1. The lowest BCUT2D eigenvalue weighted by Crippen LogP contribution is -2.55. The first-order valence-corrected chi connectivity index (χ1v) is 13.0. The molecule has 3 aromatic rings. The van der Waals surface area contributed by atoms with E-state index in [1.165, 1.54) is 37.7 Å². The number of aromatic nitrogens is 1. The second-order valence-electron chi connectivity index (χ2n) is 8.93. The van der Waals surface area contributed by atoms with Gasteiger partial charge in [-0.25, -0.2) is 4.98 Å². The zero-order chi connectivity index (χ0) is 27.2. The van der Waals surface area contributed by atoms with Crippen LogP contribution in [0.5, 0.6) is 23.0 Å². The van der Waals surface area contributed by atoms with Gasteiger partial charge < -0.3 is 29.6 Å². The van der Waals surface area contributed by atoms with Gasteiger partial charge in [0.25, 0.3) is 0 Å². The molecule has 5 rings (SSSR count).